The third-order valence-electron chi connectivity index (χ3n) is 4.52. The van der Waals surface area contributed by atoms with E-state index in [0.29, 0.717) is 43.8 Å². The molecule has 1 saturated heterocycles. The average molecular weight is 485 g/mol. The van der Waals surface area contributed by atoms with Gasteiger partial charge in [-0.1, -0.05) is 29.3 Å². The van der Waals surface area contributed by atoms with E-state index < -0.39 is 0 Å². The molecule has 1 amide bonds. The van der Waals surface area contributed by atoms with Crippen LogP contribution in [0.15, 0.2) is 76.6 Å². The quantitative estimate of drug-likeness (QED) is 0.399. The molecule has 0 saturated carbocycles. The summed E-state index contributed by atoms with van der Waals surface area (Å²) < 4.78 is 5.45. The molecule has 0 unspecified atom stereocenters. The van der Waals surface area contributed by atoms with E-state index in [2.05, 4.69) is 4.99 Å². The predicted molar refractivity (Wildman–Crippen MR) is 132 cm³/mol. The van der Waals surface area contributed by atoms with Gasteiger partial charge in [0.25, 0.3) is 5.91 Å². The highest BCUT2D eigenvalue weighted by Gasteiger charge is 2.34. The Bertz CT molecular complexity index is 1210. The van der Waals surface area contributed by atoms with Gasteiger partial charge in [0, 0.05) is 10.0 Å². The number of anilines is 1. The van der Waals surface area contributed by atoms with Gasteiger partial charge in [-0.15, -0.1) is 0 Å². The van der Waals surface area contributed by atoms with Crippen molar-refractivity contribution < 1.29 is 14.6 Å². The minimum Gasteiger partial charge on any atom is -0.504 e. The van der Waals surface area contributed by atoms with Crippen molar-refractivity contribution in [3.05, 3.63) is 87.2 Å². The average Bonchev–Trinajstić information content (AvgIpc) is 3.07. The maximum atomic E-state index is 13.3. The third kappa shape index (κ3) is 4.93. The molecule has 3 aromatic carbocycles. The number of hydrogen-bond acceptors (Lipinski definition) is 5. The topological polar surface area (TPSA) is 62.1 Å². The van der Waals surface area contributed by atoms with Crippen LogP contribution in [-0.2, 0) is 4.79 Å². The number of rotatable bonds is 5. The number of amidine groups is 1. The Morgan fingerprint density at radius 3 is 2.34 bits per heavy atom. The molecule has 1 heterocycles. The number of phenols is 1. The number of amides is 1. The maximum Gasteiger partial charge on any atom is 0.271 e. The van der Waals surface area contributed by atoms with Gasteiger partial charge in [-0.25, -0.2) is 4.99 Å². The molecular weight excluding hydrogens is 467 g/mol. The Labute approximate surface area is 199 Å². The molecular formula is C24H18Cl2N2O3S. The Morgan fingerprint density at radius 1 is 1.03 bits per heavy atom. The maximum absolute atomic E-state index is 13.3. The van der Waals surface area contributed by atoms with Crippen LogP contribution in [0.4, 0.5) is 11.4 Å². The first-order chi connectivity index (χ1) is 15.4. The van der Waals surface area contributed by atoms with Crippen LogP contribution >= 0.6 is 35.0 Å². The fourth-order valence-corrected chi connectivity index (χ4v) is 4.29. The standard InChI is InChI=1S/C24H18Cl2N2O3S/c1-2-31-21-13-15(3-12-20(21)29)14-22-23(30)28(19-10-6-17(26)7-11-19)24(32-22)27-18-8-4-16(25)5-9-18/h3-14,29H,2H2,1H3. The van der Waals surface area contributed by atoms with Gasteiger partial charge in [0.15, 0.2) is 16.7 Å². The summed E-state index contributed by atoms with van der Waals surface area (Å²) in [6.45, 7) is 2.26. The van der Waals surface area contributed by atoms with Crippen LogP contribution in [0.3, 0.4) is 0 Å². The van der Waals surface area contributed by atoms with E-state index in [-0.39, 0.29) is 11.7 Å². The summed E-state index contributed by atoms with van der Waals surface area (Å²) in [4.78, 5) is 20.1. The summed E-state index contributed by atoms with van der Waals surface area (Å²) in [7, 11) is 0. The fourth-order valence-electron chi connectivity index (χ4n) is 3.04. The van der Waals surface area contributed by atoms with Crippen molar-refractivity contribution in [2.75, 3.05) is 11.5 Å². The molecule has 5 nitrogen and oxygen atoms in total. The van der Waals surface area contributed by atoms with Crippen LogP contribution in [0, 0.1) is 0 Å². The SMILES string of the molecule is CCOc1cc(C=C2SC(=Nc3ccc(Cl)cc3)N(c3ccc(Cl)cc3)C2=O)ccc1O. The molecule has 0 aliphatic carbocycles. The first-order valence-corrected chi connectivity index (χ1v) is 11.3. The Morgan fingerprint density at radius 2 is 1.69 bits per heavy atom. The molecule has 1 N–H and O–H groups in total. The monoisotopic (exact) mass is 484 g/mol. The highest BCUT2D eigenvalue weighted by atomic mass is 35.5. The zero-order valence-corrected chi connectivity index (χ0v) is 19.3. The lowest BCUT2D eigenvalue weighted by Gasteiger charge is -2.15. The molecule has 4 rings (SSSR count). The summed E-state index contributed by atoms with van der Waals surface area (Å²) in [6.07, 6.45) is 1.75. The zero-order valence-electron chi connectivity index (χ0n) is 17.0. The van der Waals surface area contributed by atoms with E-state index in [0.717, 1.165) is 5.56 Å². The molecule has 1 aliphatic rings. The van der Waals surface area contributed by atoms with Gasteiger partial charge < -0.3 is 9.84 Å². The lowest BCUT2D eigenvalue weighted by molar-refractivity contribution is -0.113. The normalized spacial score (nSPS) is 16.2. The van der Waals surface area contributed by atoms with Crippen molar-refractivity contribution in [3.8, 4) is 11.5 Å². The molecule has 162 valence electrons. The Hall–Kier alpha value is -2.93. The van der Waals surface area contributed by atoms with Crippen molar-refractivity contribution in [2.24, 2.45) is 4.99 Å². The molecule has 32 heavy (non-hydrogen) atoms. The zero-order chi connectivity index (χ0) is 22.7. The highest BCUT2D eigenvalue weighted by Crippen LogP contribution is 2.38. The number of carbonyl (C=O) groups is 1. The van der Waals surface area contributed by atoms with Gasteiger partial charge in [0.05, 0.1) is 22.9 Å². The van der Waals surface area contributed by atoms with Crippen molar-refractivity contribution in [1.82, 2.24) is 0 Å². The Kier molecular flexibility index (Phi) is 6.74. The van der Waals surface area contributed by atoms with Crippen molar-refractivity contribution in [2.45, 2.75) is 6.92 Å². The molecule has 0 aromatic heterocycles. The highest BCUT2D eigenvalue weighted by molar-refractivity contribution is 8.19. The number of ether oxygens (including phenoxy) is 1. The van der Waals surface area contributed by atoms with Crippen molar-refractivity contribution in [3.63, 3.8) is 0 Å². The molecule has 8 heteroatoms. The van der Waals surface area contributed by atoms with Crippen LogP contribution < -0.4 is 9.64 Å². The second-order valence-corrected chi connectivity index (χ2v) is 8.64. The molecule has 0 radical (unpaired) electrons. The summed E-state index contributed by atoms with van der Waals surface area (Å²) >= 11 is 13.3. The molecule has 0 bridgehead atoms. The number of thioether (sulfide) groups is 1. The van der Waals surface area contributed by atoms with Crippen molar-refractivity contribution in [1.29, 1.82) is 0 Å². The fraction of sp³-hybridized carbons (Fsp3) is 0.0833. The molecule has 1 fully saturated rings. The number of phenolic OH excluding ortho intramolecular Hbond substituents is 1. The van der Waals surface area contributed by atoms with Crippen LogP contribution in [-0.4, -0.2) is 22.8 Å². The van der Waals surface area contributed by atoms with Gasteiger partial charge in [-0.05, 0) is 91.0 Å². The van der Waals surface area contributed by atoms with Crippen molar-refractivity contribution >= 4 is 63.5 Å². The summed E-state index contributed by atoms with van der Waals surface area (Å²) in [6, 6.07) is 19.0. The van der Waals surface area contributed by atoms with E-state index in [1.54, 1.807) is 77.7 Å². The van der Waals surface area contributed by atoms with Gasteiger partial charge >= 0.3 is 0 Å². The Balaban J connectivity index is 1.75. The predicted octanol–water partition coefficient (Wildman–Crippen LogP) is 6.91. The van der Waals surface area contributed by atoms with Gasteiger partial charge in [0.2, 0.25) is 0 Å². The van der Waals surface area contributed by atoms with Gasteiger partial charge in [-0.3, -0.25) is 9.69 Å². The molecule has 0 spiro atoms. The second kappa shape index (κ2) is 9.69. The smallest absolute Gasteiger partial charge is 0.271 e. The summed E-state index contributed by atoms with van der Waals surface area (Å²) in [5.74, 6) is 0.199. The number of aliphatic imine (C=N–C) groups is 1. The van der Waals surface area contributed by atoms with Gasteiger partial charge in [0.1, 0.15) is 0 Å². The first kappa shape index (κ1) is 22.3. The van der Waals surface area contributed by atoms with Gasteiger partial charge in [-0.2, -0.15) is 0 Å². The number of aromatic hydroxyl groups is 1. The first-order valence-electron chi connectivity index (χ1n) is 9.74. The van der Waals surface area contributed by atoms with Crippen LogP contribution in [0.2, 0.25) is 10.0 Å². The number of benzene rings is 3. The van der Waals surface area contributed by atoms with E-state index in [1.807, 2.05) is 6.92 Å². The van der Waals surface area contributed by atoms with E-state index in [9.17, 15) is 9.90 Å². The number of hydrogen-bond donors (Lipinski definition) is 1. The van der Waals surface area contributed by atoms with E-state index in [4.69, 9.17) is 27.9 Å². The molecule has 3 aromatic rings. The minimum absolute atomic E-state index is 0.0483. The van der Waals surface area contributed by atoms with Crippen LogP contribution in [0.5, 0.6) is 11.5 Å². The lowest BCUT2D eigenvalue weighted by atomic mass is 10.2. The molecule has 0 atom stereocenters. The summed E-state index contributed by atoms with van der Waals surface area (Å²) in [5, 5.41) is 11.6. The summed E-state index contributed by atoms with van der Waals surface area (Å²) in [5.41, 5.74) is 2.06. The van der Waals surface area contributed by atoms with E-state index >= 15 is 0 Å². The second-order valence-electron chi connectivity index (χ2n) is 6.76. The van der Waals surface area contributed by atoms with E-state index in [1.165, 1.54) is 11.8 Å². The van der Waals surface area contributed by atoms with Crippen LogP contribution in [0.1, 0.15) is 12.5 Å². The number of halogens is 2. The lowest BCUT2D eigenvalue weighted by Crippen LogP contribution is -2.28. The molecule has 1 aliphatic heterocycles. The largest absolute Gasteiger partial charge is 0.504 e. The van der Waals surface area contributed by atoms with Crippen LogP contribution in [0.25, 0.3) is 6.08 Å². The minimum atomic E-state index is -0.212. The third-order valence-corrected chi connectivity index (χ3v) is 6.00. The number of nitrogens with zero attached hydrogens (tertiary/aromatic N) is 2. The number of carbonyl (C=O) groups excluding carboxylic acids is 1.